The highest BCUT2D eigenvalue weighted by atomic mass is 28.3. The van der Waals surface area contributed by atoms with Crippen LogP contribution in [0, 0.1) is 0 Å². The number of benzene rings is 10. The van der Waals surface area contributed by atoms with Gasteiger partial charge in [0.1, 0.15) is 11.2 Å². The van der Waals surface area contributed by atoms with Gasteiger partial charge < -0.3 is 18.8 Å². The third kappa shape index (κ3) is 3.96. The van der Waals surface area contributed by atoms with Crippen molar-refractivity contribution >= 4 is 153 Å². The minimum atomic E-state index is -2.93. The highest BCUT2D eigenvalue weighted by molar-refractivity contribution is 7.22. The normalized spacial score (nSPS) is 14.9. The van der Waals surface area contributed by atoms with Crippen molar-refractivity contribution < 1.29 is 4.42 Å². The van der Waals surface area contributed by atoms with Gasteiger partial charge in [0, 0.05) is 61.5 Å². The van der Waals surface area contributed by atoms with Crippen molar-refractivity contribution in [3.63, 3.8) is 0 Å². The largest absolute Gasteiger partial charge is 0.455 e. The molecule has 0 atom stereocenters. The van der Waals surface area contributed by atoms with Crippen LogP contribution in [0.15, 0.2) is 217 Å². The number of hydrogen-bond donors (Lipinski definition) is 0. The molecule has 306 valence electrons. The summed E-state index contributed by atoms with van der Waals surface area (Å²) in [6.45, 7) is -0.0233. The van der Waals surface area contributed by atoms with E-state index in [2.05, 4.69) is 227 Å². The van der Waals surface area contributed by atoms with E-state index in [4.69, 9.17) is 4.42 Å². The summed E-state index contributed by atoms with van der Waals surface area (Å²) in [4.78, 5) is 5.26. The fraction of sp³-hybridized carbons (Fsp3) is 0. The molecule has 0 fully saturated rings. The summed E-state index contributed by atoms with van der Waals surface area (Å²) < 4.78 is 9.75. The molecule has 0 saturated carbocycles. The fourth-order valence-corrected chi connectivity index (χ4v) is 19.0. The van der Waals surface area contributed by atoms with Crippen molar-refractivity contribution in [3.05, 3.63) is 212 Å². The van der Waals surface area contributed by atoms with Gasteiger partial charge in [-0.2, -0.15) is 0 Å². The maximum absolute atomic E-state index is 7.05. The van der Waals surface area contributed by atoms with E-state index in [0.29, 0.717) is 0 Å². The average Bonchev–Trinajstić information content (AvgIpc) is 3.95. The fourth-order valence-electron chi connectivity index (χ4n) is 13.9. The molecule has 0 unspecified atom stereocenters. The number of furan rings is 1. The van der Waals surface area contributed by atoms with E-state index in [-0.39, 0.29) is 13.4 Å². The molecule has 0 radical (unpaired) electrons. The quantitative estimate of drug-likeness (QED) is 0.171. The van der Waals surface area contributed by atoms with E-state index in [9.17, 15) is 0 Å². The molecule has 5 aliphatic heterocycles. The predicted octanol–water partition coefficient (Wildman–Crippen LogP) is 7.60. The minimum Gasteiger partial charge on any atom is -0.455 e. The van der Waals surface area contributed by atoms with Crippen LogP contribution in [0.25, 0.3) is 49.4 Å². The van der Waals surface area contributed by atoms with Gasteiger partial charge in [-0.3, -0.25) is 0 Å². The Balaban J connectivity index is 1.12. The van der Waals surface area contributed by atoms with Crippen LogP contribution >= 0.6 is 0 Å². The SMILES string of the molecule is c1ccc(N2c3ccccc3B3c4c2cc2c5c4-n4c6c3cccc6c3c6oc7ccccc7c6cc(c34)B5c3cccc4c3N2c2ccccc2[Si]4(c2ccccc2)c2ccccc2)cc1. The van der Waals surface area contributed by atoms with Crippen LogP contribution in [0.4, 0.5) is 34.1 Å². The van der Waals surface area contributed by atoms with Gasteiger partial charge in [-0.15, -0.1) is 0 Å². The Morgan fingerprint density at radius 3 is 1.79 bits per heavy atom. The average molecular weight is 864 g/mol. The van der Waals surface area contributed by atoms with Gasteiger partial charge in [0.2, 0.25) is 0 Å². The second kappa shape index (κ2) is 12.1. The van der Waals surface area contributed by atoms with Crippen LogP contribution in [0.1, 0.15) is 0 Å². The molecule has 5 aliphatic rings. The summed E-state index contributed by atoms with van der Waals surface area (Å²) in [5, 5.41) is 10.4. The Bertz CT molecular complexity index is 4160. The van der Waals surface area contributed by atoms with Crippen LogP contribution in [0.5, 0.6) is 0 Å². The van der Waals surface area contributed by atoms with Crippen molar-refractivity contribution in [1.82, 2.24) is 4.57 Å². The van der Waals surface area contributed by atoms with Crippen LogP contribution in [-0.4, -0.2) is 26.1 Å². The van der Waals surface area contributed by atoms with E-state index in [1.807, 2.05) is 0 Å². The number of nitrogens with zero attached hydrogens (tertiary/aromatic N) is 3. The lowest BCUT2D eigenvalue weighted by Gasteiger charge is -2.51. The first-order valence-corrected chi connectivity index (χ1v) is 25.5. The number of hydrogen-bond acceptors (Lipinski definition) is 3. The molecule has 0 spiro atoms. The number of para-hydroxylation sites is 6. The monoisotopic (exact) mass is 863 g/mol. The first-order valence-electron chi connectivity index (χ1n) is 23.5. The van der Waals surface area contributed by atoms with Crippen molar-refractivity contribution in [1.29, 1.82) is 0 Å². The summed E-state index contributed by atoms with van der Waals surface area (Å²) in [6, 6.07) is 80.6. The lowest BCUT2D eigenvalue weighted by Crippen LogP contribution is -2.79. The molecule has 17 rings (SSSR count). The summed E-state index contributed by atoms with van der Waals surface area (Å²) in [5.74, 6) is 0. The van der Waals surface area contributed by atoms with Gasteiger partial charge >= 0.3 is 0 Å². The van der Waals surface area contributed by atoms with E-state index in [1.165, 1.54) is 115 Å². The highest BCUT2D eigenvalue weighted by Gasteiger charge is 2.55. The summed E-state index contributed by atoms with van der Waals surface area (Å²) >= 11 is 0. The van der Waals surface area contributed by atoms with Gasteiger partial charge in [0.05, 0.1) is 10.9 Å². The molecule has 4 nitrogen and oxygen atoms in total. The van der Waals surface area contributed by atoms with Gasteiger partial charge in [-0.1, -0.05) is 176 Å². The highest BCUT2D eigenvalue weighted by Crippen LogP contribution is 2.49. The van der Waals surface area contributed by atoms with Crippen LogP contribution in [0.2, 0.25) is 0 Å². The molecule has 7 heteroatoms. The lowest BCUT2D eigenvalue weighted by molar-refractivity contribution is 0.673. The van der Waals surface area contributed by atoms with Gasteiger partial charge in [-0.25, -0.2) is 0 Å². The molecular weight excluding hydrogens is 828 g/mol. The first-order chi connectivity index (χ1) is 33.3. The van der Waals surface area contributed by atoms with E-state index in [0.717, 1.165) is 22.2 Å². The van der Waals surface area contributed by atoms with Crippen LogP contribution in [0.3, 0.4) is 0 Å². The smallest absolute Gasteiger partial charge is 0.252 e. The Morgan fingerprint density at radius 1 is 0.388 bits per heavy atom. The van der Waals surface area contributed by atoms with Crippen molar-refractivity contribution in [2.45, 2.75) is 0 Å². The third-order valence-electron chi connectivity index (χ3n) is 16.2. The van der Waals surface area contributed by atoms with E-state index < -0.39 is 8.07 Å². The Kier molecular flexibility index (Phi) is 6.36. The number of rotatable bonds is 3. The number of fused-ring (bicyclic) bond motifs is 13. The molecule has 2 aromatic heterocycles. The van der Waals surface area contributed by atoms with E-state index in [1.54, 1.807) is 0 Å². The maximum Gasteiger partial charge on any atom is 0.252 e. The molecule has 12 aromatic rings. The standard InChI is InChI=1S/C60H35B2N3OSi/c1-4-18-36(19-5-1)63-46-29-12-11-26-42(46)61-43-27-16-25-40-53-58-45(34-41-39-24-10-14-31-50(39)66-60(41)53)62-44-28-17-33-52-57(44)64(49-35-48(63)54(61)59(55(49)62)65(58)56(40)43)47-30-13-15-32-51(47)67(52,37-20-6-2-7-21-37)38-22-8-3-9-23-38/h1-35H. The van der Waals surface area contributed by atoms with E-state index >= 15 is 0 Å². The van der Waals surface area contributed by atoms with Crippen molar-refractivity contribution in [3.8, 4) is 5.69 Å². The summed E-state index contributed by atoms with van der Waals surface area (Å²) in [7, 11) is -2.93. The molecule has 0 aliphatic carbocycles. The first kappa shape index (κ1) is 35.1. The van der Waals surface area contributed by atoms with Gasteiger partial charge in [0.25, 0.3) is 13.4 Å². The van der Waals surface area contributed by atoms with Gasteiger partial charge in [-0.05, 0) is 89.9 Å². The zero-order valence-corrected chi connectivity index (χ0v) is 37.1. The van der Waals surface area contributed by atoms with Crippen LogP contribution in [-0.2, 0) is 0 Å². The molecule has 0 amide bonds. The van der Waals surface area contributed by atoms with Crippen LogP contribution < -0.4 is 63.3 Å². The lowest BCUT2D eigenvalue weighted by atomic mass is 9.29. The van der Waals surface area contributed by atoms with Gasteiger partial charge in [0.15, 0.2) is 8.07 Å². The zero-order valence-electron chi connectivity index (χ0n) is 36.1. The number of aromatic nitrogens is 1. The second-order valence-electron chi connectivity index (χ2n) is 19.0. The molecule has 10 aromatic carbocycles. The Labute approximate surface area is 387 Å². The molecule has 0 bridgehead atoms. The molecular formula is C60H35B2N3OSi. The Hall–Kier alpha value is -8.25. The van der Waals surface area contributed by atoms with Crippen molar-refractivity contribution in [2.75, 3.05) is 9.80 Å². The predicted molar refractivity (Wildman–Crippen MR) is 284 cm³/mol. The molecule has 7 heterocycles. The topological polar surface area (TPSA) is 24.6 Å². The molecule has 0 N–H and O–H groups in total. The molecule has 0 saturated heterocycles. The zero-order chi connectivity index (χ0) is 43.3. The molecule has 67 heavy (non-hydrogen) atoms. The Morgan fingerprint density at radius 2 is 0.985 bits per heavy atom. The minimum absolute atomic E-state index is 0.0259. The third-order valence-corrected chi connectivity index (χ3v) is 21.0. The summed E-state index contributed by atoms with van der Waals surface area (Å²) in [6.07, 6.45) is 0. The summed E-state index contributed by atoms with van der Waals surface area (Å²) in [5.41, 5.74) is 21.4. The second-order valence-corrected chi connectivity index (χ2v) is 22.7. The maximum atomic E-state index is 7.05. The van der Waals surface area contributed by atoms with Crippen molar-refractivity contribution in [2.24, 2.45) is 0 Å². The number of anilines is 6.